The predicted octanol–water partition coefficient (Wildman–Crippen LogP) is 2.51. The highest BCUT2D eigenvalue weighted by Crippen LogP contribution is 2.24. The average molecular weight is 216 g/mol. The van der Waals surface area contributed by atoms with E-state index >= 15 is 0 Å². The molecule has 0 unspecified atom stereocenters. The van der Waals surface area contributed by atoms with Crippen molar-refractivity contribution in [3.63, 3.8) is 0 Å². The fourth-order valence-corrected chi connectivity index (χ4v) is 1.42. The Morgan fingerprint density at radius 1 is 1.25 bits per heavy atom. The molecular formula is C14H16O2. The highest BCUT2D eigenvalue weighted by Gasteiger charge is 2.16. The molecule has 0 bridgehead atoms. The van der Waals surface area contributed by atoms with Crippen LogP contribution in [0.4, 0.5) is 0 Å². The maximum atomic E-state index is 11.0. The molecule has 0 N–H and O–H groups in total. The van der Waals surface area contributed by atoms with Crippen LogP contribution < -0.4 is 0 Å². The van der Waals surface area contributed by atoms with E-state index in [9.17, 15) is 4.79 Å². The molecule has 1 aromatic carbocycles. The molecule has 0 fully saturated rings. The van der Waals surface area contributed by atoms with E-state index in [1.165, 1.54) is 7.11 Å². The summed E-state index contributed by atoms with van der Waals surface area (Å²) in [5, 5.41) is 0. The topological polar surface area (TPSA) is 26.3 Å². The van der Waals surface area contributed by atoms with E-state index in [2.05, 4.69) is 37.3 Å². The lowest BCUT2D eigenvalue weighted by Gasteiger charge is -2.20. The monoisotopic (exact) mass is 216 g/mol. The van der Waals surface area contributed by atoms with Crippen LogP contribution in [0, 0.1) is 11.8 Å². The summed E-state index contributed by atoms with van der Waals surface area (Å²) in [6.07, 6.45) is 0. The zero-order valence-corrected chi connectivity index (χ0v) is 10.1. The Kier molecular flexibility index (Phi) is 3.73. The van der Waals surface area contributed by atoms with E-state index in [0.29, 0.717) is 0 Å². The molecule has 0 saturated carbocycles. The molecule has 0 aliphatic carbocycles. The highest BCUT2D eigenvalue weighted by atomic mass is 16.5. The van der Waals surface area contributed by atoms with Crippen LogP contribution in [-0.2, 0) is 14.9 Å². The number of esters is 1. The normalized spacial score (nSPS) is 10.2. The Morgan fingerprint density at radius 2 is 1.88 bits per heavy atom. The van der Waals surface area contributed by atoms with E-state index in [0.717, 1.165) is 11.1 Å². The molecule has 2 heteroatoms. The third-order valence-electron chi connectivity index (χ3n) is 2.22. The van der Waals surface area contributed by atoms with Crippen LogP contribution in [0.15, 0.2) is 24.3 Å². The molecule has 16 heavy (non-hydrogen) atoms. The van der Waals surface area contributed by atoms with E-state index < -0.39 is 5.97 Å². The summed E-state index contributed by atoms with van der Waals surface area (Å²) in [6.45, 7) is 6.35. The molecule has 1 rings (SSSR count). The van der Waals surface area contributed by atoms with Crippen molar-refractivity contribution >= 4 is 5.97 Å². The molecule has 0 aliphatic heterocycles. The van der Waals surface area contributed by atoms with Gasteiger partial charge in [-0.1, -0.05) is 44.9 Å². The number of methoxy groups -OCH3 is 1. The van der Waals surface area contributed by atoms with Gasteiger partial charge < -0.3 is 4.74 Å². The van der Waals surface area contributed by atoms with Crippen LogP contribution in [0.25, 0.3) is 0 Å². The largest absolute Gasteiger partial charge is 0.459 e. The fourth-order valence-electron chi connectivity index (χ4n) is 1.42. The van der Waals surface area contributed by atoms with Crippen molar-refractivity contribution in [1.29, 1.82) is 0 Å². The number of ether oxygens (including phenoxy) is 1. The van der Waals surface area contributed by atoms with Gasteiger partial charge in [0.1, 0.15) is 0 Å². The minimum atomic E-state index is -0.510. The smallest absolute Gasteiger partial charge is 0.384 e. The van der Waals surface area contributed by atoms with E-state index in [1.807, 2.05) is 24.3 Å². The van der Waals surface area contributed by atoms with Crippen molar-refractivity contribution in [3.8, 4) is 11.8 Å². The van der Waals surface area contributed by atoms with Crippen LogP contribution in [0.2, 0.25) is 0 Å². The maximum absolute atomic E-state index is 11.0. The molecule has 0 heterocycles. The molecule has 0 atom stereocenters. The summed E-state index contributed by atoms with van der Waals surface area (Å²) in [7, 11) is 1.33. The number of carbonyl (C=O) groups is 1. The van der Waals surface area contributed by atoms with Crippen LogP contribution in [0.5, 0.6) is 0 Å². The lowest BCUT2D eigenvalue weighted by molar-refractivity contribution is -0.133. The van der Waals surface area contributed by atoms with Gasteiger partial charge in [-0.2, -0.15) is 0 Å². The van der Waals surface area contributed by atoms with Gasteiger partial charge in [0, 0.05) is 11.5 Å². The molecule has 0 aromatic heterocycles. The van der Waals surface area contributed by atoms with Crippen molar-refractivity contribution in [1.82, 2.24) is 0 Å². The van der Waals surface area contributed by atoms with Gasteiger partial charge in [-0.05, 0) is 17.0 Å². The molecule has 0 spiro atoms. The minimum Gasteiger partial charge on any atom is -0.459 e. The van der Waals surface area contributed by atoms with Gasteiger partial charge in [0.05, 0.1) is 7.11 Å². The number of hydrogen-bond donors (Lipinski definition) is 0. The number of hydrogen-bond acceptors (Lipinski definition) is 2. The van der Waals surface area contributed by atoms with E-state index in [4.69, 9.17) is 0 Å². The summed E-state index contributed by atoms with van der Waals surface area (Å²) in [5.74, 6) is 4.79. The van der Waals surface area contributed by atoms with Crippen LogP contribution in [0.1, 0.15) is 31.9 Å². The zero-order chi connectivity index (χ0) is 12.2. The molecule has 0 saturated heterocycles. The van der Waals surface area contributed by atoms with Crippen LogP contribution >= 0.6 is 0 Å². The molecule has 84 valence electrons. The van der Waals surface area contributed by atoms with Gasteiger partial charge in [0.15, 0.2) is 0 Å². The van der Waals surface area contributed by atoms with Gasteiger partial charge >= 0.3 is 5.97 Å². The first kappa shape index (κ1) is 12.3. The maximum Gasteiger partial charge on any atom is 0.384 e. The molecular weight excluding hydrogens is 200 g/mol. The second-order valence-corrected chi connectivity index (χ2v) is 4.54. The Labute approximate surface area is 96.6 Å². The van der Waals surface area contributed by atoms with Crippen molar-refractivity contribution in [2.45, 2.75) is 26.2 Å². The lowest BCUT2D eigenvalue weighted by atomic mass is 9.84. The summed E-state index contributed by atoms with van der Waals surface area (Å²) >= 11 is 0. The molecule has 0 amide bonds. The summed E-state index contributed by atoms with van der Waals surface area (Å²) in [4.78, 5) is 11.0. The molecule has 1 aromatic rings. The Balaban J connectivity index is 3.13. The van der Waals surface area contributed by atoms with E-state index in [1.54, 1.807) is 0 Å². The average Bonchev–Trinajstić information content (AvgIpc) is 2.25. The fraction of sp³-hybridized carbons (Fsp3) is 0.357. The van der Waals surface area contributed by atoms with Gasteiger partial charge in [0.2, 0.25) is 0 Å². The minimum absolute atomic E-state index is 0.0153. The SMILES string of the molecule is COC(=O)C#Cc1ccccc1C(C)(C)C. The first-order valence-electron chi connectivity index (χ1n) is 5.14. The van der Waals surface area contributed by atoms with Crippen LogP contribution in [-0.4, -0.2) is 13.1 Å². The molecule has 0 aliphatic rings. The summed E-state index contributed by atoms with van der Waals surface area (Å²) in [5.41, 5.74) is 2.02. The second kappa shape index (κ2) is 4.85. The molecule has 0 radical (unpaired) electrons. The third-order valence-corrected chi connectivity index (χ3v) is 2.22. The number of rotatable bonds is 0. The Hall–Kier alpha value is -1.75. The summed E-state index contributed by atoms with van der Waals surface area (Å²) in [6, 6.07) is 7.83. The third kappa shape index (κ3) is 3.13. The number of carbonyl (C=O) groups excluding carboxylic acids is 1. The molecule has 2 nitrogen and oxygen atoms in total. The van der Waals surface area contributed by atoms with Crippen molar-refractivity contribution in [2.24, 2.45) is 0 Å². The summed E-state index contributed by atoms with van der Waals surface area (Å²) < 4.78 is 4.48. The van der Waals surface area contributed by atoms with Gasteiger partial charge in [-0.25, -0.2) is 4.79 Å². The quantitative estimate of drug-likeness (QED) is 0.492. The van der Waals surface area contributed by atoms with Gasteiger partial charge in [-0.3, -0.25) is 0 Å². The first-order valence-corrected chi connectivity index (χ1v) is 5.14. The highest BCUT2D eigenvalue weighted by molar-refractivity contribution is 5.89. The Bertz CT molecular complexity index is 442. The van der Waals surface area contributed by atoms with Gasteiger partial charge in [0.25, 0.3) is 0 Å². The van der Waals surface area contributed by atoms with Crippen molar-refractivity contribution < 1.29 is 9.53 Å². The van der Waals surface area contributed by atoms with Crippen LogP contribution in [0.3, 0.4) is 0 Å². The lowest BCUT2D eigenvalue weighted by Crippen LogP contribution is -2.13. The predicted molar refractivity (Wildman–Crippen MR) is 64.0 cm³/mol. The zero-order valence-electron chi connectivity index (χ0n) is 10.1. The standard InChI is InChI=1S/C14H16O2/c1-14(2,3)12-8-6-5-7-11(12)9-10-13(15)16-4/h5-8H,1-4H3. The first-order chi connectivity index (χ1) is 7.45. The van der Waals surface area contributed by atoms with Crippen molar-refractivity contribution in [2.75, 3.05) is 7.11 Å². The Morgan fingerprint density at radius 3 is 2.44 bits per heavy atom. The van der Waals surface area contributed by atoms with Crippen molar-refractivity contribution in [3.05, 3.63) is 35.4 Å². The second-order valence-electron chi connectivity index (χ2n) is 4.54. The van der Waals surface area contributed by atoms with E-state index in [-0.39, 0.29) is 5.41 Å². The van der Waals surface area contributed by atoms with Gasteiger partial charge in [-0.15, -0.1) is 0 Å². The number of benzene rings is 1.